The number of nitrogens with zero attached hydrogens (tertiary/aromatic N) is 1. The van der Waals surface area contributed by atoms with E-state index < -0.39 is 10.0 Å². The Morgan fingerprint density at radius 3 is 2.43 bits per heavy atom. The van der Waals surface area contributed by atoms with Crippen LogP contribution in [0.4, 0.5) is 0 Å². The van der Waals surface area contributed by atoms with Crippen LogP contribution in [0.25, 0.3) is 0 Å². The molecule has 0 saturated carbocycles. The number of rotatable bonds is 8. The third-order valence-electron chi connectivity index (χ3n) is 3.42. The van der Waals surface area contributed by atoms with Gasteiger partial charge in [-0.05, 0) is 53.1 Å². The van der Waals surface area contributed by atoms with E-state index in [0.29, 0.717) is 24.1 Å². The largest absolute Gasteiger partial charge is 0.326 e. The molecule has 0 spiro atoms. The van der Waals surface area contributed by atoms with Crippen LogP contribution in [0.3, 0.4) is 0 Å². The van der Waals surface area contributed by atoms with Crippen LogP contribution in [0.2, 0.25) is 0 Å². The molecule has 0 aliphatic rings. The summed E-state index contributed by atoms with van der Waals surface area (Å²) in [5, 5.41) is 0. The monoisotopic (exact) mass is 377 g/mol. The van der Waals surface area contributed by atoms with Crippen LogP contribution in [0.5, 0.6) is 0 Å². The van der Waals surface area contributed by atoms with Gasteiger partial charge in [-0.15, -0.1) is 0 Å². The normalized spacial score (nSPS) is 12.1. The molecule has 0 unspecified atom stereocenters. The fourth-order valence-electron chi connectivity index (χ4n) is 2.08. The summed E-state index contributed by atoms with van der Waals surface area (Å²) in [4.78, 5) is 2.42. The molecular weight excluding hydrogens is 354 g/mol. The van der Waals surface area contributed by atoms with Crippen molar-refractivity contribution >= 4 is 26.0 Å². The van der Waals surface area contributed by atoms with Crippen molar-refractivity contribution < 1.29 is 8.42 Å². The Hall–Kier alpha value is -0.470. The summed E-state index contributed by atoms with van der Waals surface area (Å²) in [7, 11) is -3.54. The predicted molar refractivity (Wildman–Crippen MR) is 89.7 cm³/mol. The first kappa shape index (κ1) is 18.6. The average Bonchev–Trinajstić information content (AvgIpc) is 2.46. The maximum Gasteiger partial charge on any atom is 0.241 e. The lowest BCUT2D eigenvalue weighted by molar-refractivity contribution is 0.309. The Morgan fingerprint density at radius 1 is 1.29 bits per heavy atom. The van der Waals surface area contributed by atoms with E-state index in [-0.39, 0.29) is 4.90 Å². The highest BCUT2D eigenvalue weighted by atomic mass is 79.9. The standard InChI is InChI=1S/C14H24BrN3O2S/c1-4-18(5-2)7-6-17-21(19,20)13-9-12(10-16)8-11(3)14(13)15/h8-9,17H,4-7,10,16H2,1-3H3. The van der Waals surface area contributed by atoms with E-state index >= 15 is 0 Å². The zero-order chi connectivity index (χ0) is 16.0. The molecule has 0 amide bonds. The number of hydrogen-bond acceptors (Lipinski definition) is 4. The quantitative estimate of drug-likeness (QED) is 0.724. The van der Waals surface area contributed by atoms with Crippen LogP contribution in [0, 0.1) is 6.92 Å². The van der Waals surface area contributed by atoms with E-state index in [0.717, 1.165) is 24.2 Å². The van der Waals surface area contributed by atoms with Crippen LogP contribution in [0.15, 0.2) is 21.5 Å². The maximum absolute atomic E-state index is 12.4. The zero-order valence-corrected chi connectivity index (χ0v) is 15.2. The molecule has 1 aromatic carbocycles. The van der Waals surface area contributed by atoms with Gasteiger partial charge in [0.05, 0.1) is 4.90 Å². The summed E-state index contributed by atoms with van der Waals surface area (Å²) in [5.41, 5.74) is 7.29. The van der Waals surface area contributed by atoms with Gasteiger partial charge in [0.25, 0.3) is 0 Å². The van der Waals surface area contributed by atoms with Crippen molar-refractivity contribution in [1.29, 1.82) is 0 Å². The minimum Gasteiger partial charge on any atom is -0.326 e. The summed E-state index contributed by atoms with van der Waals surface area (Å²) in [6.07, 6.45) is 0. The molecule has 0 aliphatic heterocycles. The second-order valence-corrected chi connectivity index (χ2v) is 7.38. The molecule has 0 aromatic heterocycles. The highest BCUT2D eigenvalue weighted by Crippen LogP contribution is 2.27. The first-order chi connectivity index (χ1) is 9.85. The SMILES string of the molecule is CCN(CC)CCNS(=O)(=O)c1cc(CN)cc(C)c1Br. The fourth-order valence-corrected chi connectivity index (χ4v) is 4.17. The van der Waals surface area contributed by atoms with Gasteiger partial charge in [-0.2, -0.15) is 0 Å². The smallest absolute Gasteiger partial charge is 0.241 e. The summed E-state index contributed by atoms with van der Waals surface area (Å²) < 4.78 is 28.1. The van der Waals surface area contributed by atoms with Gasteiger partial charge in [-0.3, -0.25) is 0 Å². The molecule has 0 bridgehead atoms. The molecule has 5 nitrogen and oxygen atoms in total. The molecule has 0 radical (unpaired) electrons. The number of aryl methyl sites for hydroxylation is 1. The van der Waals surface area contributed by atoms with Crippen molar-refractivity contribution in [3.05, 3.63) is 27.7 Å². The van der Waals surface area contributed by atoms with Gasteiger partial charge >= 0.3 is 0 Å². The Morgan fingerprint density at radius 2 is 1.90 bits per heavy atom. The summed E-state index contributed by atoms with van der Waals surface area (Å²) in [5.74, 6) is 0. The highest BCUT2D eigenvalue weighted by molar-refractivity contribution is 9.10. The third kappa shape index (κ3) is 5.03. The molecular formula is C14H24BrN3O2S. The summed E-state index contributed by atoms with van der Waals surface area (Å²) in [6.45, 7) is 9.19. The first-order valence-electron chi connectivity index (χ1n) is 7.06. The molecule has 0 aliphatic carbocycles. The number of sulfonamides is 1. The van der Waals surface area contributed by atoms with E-state index in [4.69, 9.17) is 5.73 Å². The van der Waals surface area contributed by atoms with Gasteiger partial charge in [0.1, 0.15) is 0 Å². The van der Waals surface area contributed by atoms with Crippen LogP contribution in [-0.4, -0.2) is 39.5 Å². The molecule has 0 heterocycles. The van der Waals surface area contributed by atoms with E-state index in [1.807, 2.05) is 13.0 Å². The third-order valence-corrected chi connectivity index (χ3v) is 6.22. The van der Waals surface area contributed by atoms with Crippen LogP contribution in [-0.2, 0) is 16.6 Å². The van der Waals surface area contributed by atoms with E-state index in [2.05, 4.69) is 39.4 Å². The lowest BCUT2D eigenvalue weighted by Gasteiger charge is -2.18. The zero-order valence-electron chi connectivity index (χ0n) is 12.8. The molecule has 0 fully saturated rings. The second kappa shape index (κ2) is 8.24. The van der Waals surface area contributed by atoms with Gasteiger partial charge in [0, 0.05) is 24.1 Å². The molecule has 1 rings (SSSR count). The maximum atomic E-state index is 12.4. The molecule has 3 N–H and O–H groups in total. The van der Waals surface area contributed by atoms with Crippen molar-refractivity contribution in [2.75, 3.05) is 26.2 Å². The van der Waals surface area contributed by atoms with Gasteiger partial charge in [0.2, 0.25) is 10.0 Å². The molecule has 1 aromatic rings. The number of halogens is 1. The lowest BCUT2D eigenvalue weighted by Crippen LogP contribution is -2.35. The minimum absolute atomic E-state index is 0.252. The Balaban J connectivity index is 2.90. The lowest BCUT2D eigenvalue weighted by atomic mass is 10.1. The number of nitrogens with two attached hydrogens (primary N) is 1. The Kier molecular flexibility index (Phi) is 7.29. The van der Waals surface area contributed by atoms with Crippen LogP contribution < -0.4 is 10.5 Å². The van der Waals surface area contributed by atoms with Crippen LogP contribution in [0.1, 0.15) is 25.0 Å². The summed E-state index contributed by atoms with van der Waals surface area (Å²) in [6, 6.07) is 3.51. The van der Waals surface area contributed by atoms with Crippen LogP contribution >= 0.6 is 15.9 Å². The van der Waals surface area contributed by atoms with Gasteiger partial charge in [0.15, 0.2) is 0 Å². The average molecular weight is 378 g/mol. The first-order valence-corrected chi connectivity index (χ1v) is 9.34. The van der Waals surface area contributed by atoms with Gasteiger partial charge in [-0.25, -0.2) is 13.1 Å². The highest BCUT2D eigenvalue weighted by Gasteiger charge is 2.19. The van der Waals surface area contributed by atoms with E-state index in [1.54, 1.807) is 6.07 Å². The van der Waals surface area contributed by atoms with Crippen molar-refractivity contribution in [2.45, 2.75) is 32.2 Å². The van der Waals surface area contributed by atoms with Gasteiger partial charge < -0.3 is 10.6 Å². The molecule has 120 valence electrons. The summed E-state index contributed by atoms with van der Waals surface area (Å²) >= 11 is 3.36. The van der Waals surface area contributed by atoms with Gasteiger partial charge in [-0.1, -0.05) is 19.9 Å². The molecule has 7 heteroatoms. The minimum atomic E-state index is -3.54. The van der Waals surface area contributed by atoms with Crippen molar-refractivity contribution in [2.24, 2.45) is 5.73 Å². The number of nitrogens with one attached hydrogen (secondary N) is 1. The topological polar surface area (TPSA) is 75.4 Å². The number of likely N-dealkylation sites (N-methyl/N-ethyl adjacent to an activating group) is 1. The number of hydrogen-bond donors (Lipinski definition) is 2. The predicted octanol–water partition coefficient (Wildman–Crippen LogP) is 1.84. The molecule has 21 heavy (non-hydrogen) atoms. The number of benzene rings is 1. The molecule has 0 atom stereocenters. The fraction of sp³-hybridized carbons (Fsp3) is 0.571. The Labute approximate surface area is 136 Å². The second-order valence-electron chi connectivity index (χ2n) is 4.85. The Bertz CT molecular complexity index is 572. The van der Waals surface area contributed by atoms with Crippen molar-refractivity contribution in [1.82, 2.24) is 9.62 Å². The van der Waals surface area contributed by atoms with Crippen molar-refractivity contribution in [3.63, 3.8) is 0 Å². The molecule has 0 saturated heterocycles. The van der Waals surface area contributed by atoms with E-state index in [1.165, 1.54) is 0 Å². The van der Waals surface area contributed by atoms with E-state index in [9.17, 15) is 8.42 Å². The van der Waals surface area contributed by atoms with Crippen molar-refractivity contribution in [3.8, 4) is 0 Å².